The summed E-state index contributed by atoms with van der Waals surface area (Å²) in [6.07, 6.45) is 0. The third kappa shape index (κ3) is 2.88. The Hall–Kier alpha value is -3.67. The monoisotopic (exact) mass is 344 g/mol. The number of fused-ring (bicyclic) bond motifs is 2. The molecule has 0 atom stereocenters. The number of benzene rings is 3. The van der Waals surface area contributed by atoms with Gasteiger partial charge in [0.05, 0.1) is 11.1 Å². The molecular weight excluding hydrogens is 328 g/mol. The highest BCUT2D eigenvalue weighted by molar-refractivity contribution is 6.04. The lowest BCUT2D eigenvalue weighted by atomic mass is 10.0. The Bertz CT molecular complexity index is 1140. The van der Waals surface area contributed by atoms with E-state index in [1.54, 1.807) is 18.2 Å². The van der Waals surface area contributed by atoms with Gasteiger partial charge in [-0.2, -0.15) is 4.98 Å². The number of hydrogen-bond donors (Lipinski definition) is 2. The molecule has 0 bridgehead atoms. The first kappa shape index (κ1) is 15.8. The van der Waals surface area contributed by atoms with Crippen molar-refractivity contribution in [2.24, 2.45) is 0 Å². The average Bonchev–Trinajstić information content (AvgIpc) is 2.65. The maximum Gasteiger partial charge on any atom is 0.339 e. The number of nitrogen functional groups attached to an aromatic ring is 2. The van der Waals surface area contributed by atoms with Gasteiger partial charge in [0.15, 0.2) is 0 Å². The summed E-state index contributed by atoms with van der Waals surface area (Å²) in [5.74, 6) is 0.0586. The number of carbonyl (C=O) groups excluding carboxylic acids is 1. The maximum absolute atomic E-state index is 12.5. The zero-order valence-electron chi connectivity index (χ0n) is 13.8. The SMILES string of the molecule is Nc1nc(N)c2cc(COC(=O)c3cccc4ccccc34)ccc2n1. The summed E-state index contributed by atoms with van der Waals surface area (Å²) in [7, 11) is 0. The van der Waals surface area contributed by atoms with Crippen molar-refractivity contribution in [3.63, 3.8) is 0 Å². The zero-order valence-corrected chi connectivity index (χ0v) is 13.8. The predicted molar refractivity (Wildman–Crippen MR) is 101 cm³/mol. The largest absolute Gasteiger partial charge is 0.457 e. The predicted octanol–water partition coefficient (Wildman–Crippen LogP) is 3.30. The quantitative estimate of drug-likeness (QED) is 0.553. The van der Waals surface area contributed by atoms with E-state index in [4.69, 9.17) is 16.2 Å². The van der Waals surface area contributed by atoms with Gasteiger partial charge in [-0.3, -0.25) is 0 Å². The summed E-state index contributed by atoms with van der Waals surface area (Å²) in [4.78, 5) is 20.6. The minimum absolute atomic E-state index is 0.127. The molecule has 6 nitrogen and oxygen atoms in total. The van der Waals surface area contributed by atoms with Crippen molar-refractivity contribution in [3.05, 3.63) is 71.8 Å². The van der Waals surface area contributed by atoms with Crippen molar-refractivity contribution in [1.82, 2.24) is 9.97 Å². The van der Waals surface area contributed by atoms with Crippen molar-refractivity contribution in [2.45, 2.75) is 6.61 Å². The van der Waals surface area contributed by atoms with Crippen molar-refractivity contribution >= 4 is 39.4 Å². The number of esters is 1. The van der Waals surface area contributed by atoms with Crippen LogP contribution >= 0.6 is 0 Å². The molecule has 6 heteroatoms. The standard InChI is InChI=1S/C20H16N4O2/c21-18-16-10-12(8-9-17(16)23-20(22)24-18)11-26-19(25)15-7-3-5-13-4-1-2-6-14(13)15/h1-10H,11H2,(H4,21,22,23,24). The molecule has 4 rings (SSSR count). The van der Waals surface area contributed by atoms with Crippen LogP contribution < -0.4 is 11.5 Å². The second kappa shape index (κ2) is 6.33. The molecule has 0 unspecified atom stereocenters. The molecular formula is C20H16N4O2. The molecule has 1 aromatic heterocycles. The molecule has 0 saturated carbocycles. The topological polar surface area (TPSA) is 104 Å². The van der Waals surface area contributed by atoms with Crippen LogP contribution in [-0.2, 0) is 11.3 Å². The van der Waals surface area contributed by atoms with Gasteiger partial charge in [0.1, 0.15) is 12.4 Å². The molecule has 0 radical (unpaired) electrons. The Morgan fingerprint density at radius 2 is 1.73 bits per heavy atom. The molecule has 3 aromatic carbocycles. The van der Waals surface area contributed by atoms with Gasteiger partial charge in [-0.25, -0.2) is 9.78 Å². The fourth-order valence-corrected chi connectivity index (χ4v) is 2.94. The fraction of sp³-hybridized carbons (Fsp3) is 0.0500. The molecule has 0 spiro atoms. The van der Waals surface area contributed by atoms with Gasteiger partial charge in [0, 0.05) is 5.39 Å². The molecule has 128 valence electrons. The Labute approximate surface area is 149 Å². The van der Waals surface area contributed by atoms with Gasteiger partial charge < -0.3 is 16.2 Å². The third-order valence-corrected chi connectivity index (χ3v) is 4.19. The van der Waals surface area contributed by atoms with E-state index in [2.05, 4.69) is 9.97 Å². The first-order valence-electron chi connectivity index (χ1n) is 8.08. The number of nitrogens with two attached hydrogens (primary N) is 2. The number of ether oxygens (including phenoxy) is 1. The van der Waals surface area contributed by atoms with E-state index in [0.29, 0.717) is 22.3 Å². The number of anilines is 2. The maximum atomic E-state index is 12.5. The van der Waals surface area contributed by atoms with Crippen molar-refractivity contribution in [3.8, 4) is 0 Å². The van der Waals surface area contributed by atoms with Gasteiger partial charge in [0.25, 0.3) is 0 Å². The van der Waals surface area contributed by atoms with E-state index in [0.717, 1.165) is 16.3 Å². The van der Waals surface area contributed by atoms with Crippen LogP contribution in [0.25, 0.3) is 21.7 Å². The first-order chi connectivity index (χ1) is 12.6. The highest BCUT2D eigenvalue weighted by atomic mass is 16.5. The van der Waals surface area contributed by atoms with E-state index in [1.807, 2.05) is 42.5 Å². The molecule has 4 N–H and O–H groups in total. The van der Waals surface area contributed by atoms with Crippen LogP contribution in [0.4, 0.5) is 11.8 Å². The lowest BCUT2D eigenvalue weighted by Crippen LogP contribution is -2.06. The Morgan fingerprint density at radius 1 is 0.923 bits per heavy atom. The van der Waals surface area contributed by atoms with Crippen molar-refractivity contribution in [2.75, 3.05) is 11.5 Å². The van der Waals surface area contributed by atoms with E-state index in [9.17, 15) is 4.79 Å². The fourth-order valence-electron chi connectivity index (χ4n) is 2.94. The van der Waals surface area contributed by atoms with Crippen LogP contribution in [0.15, 0.2) is 60.7 Å². The summed E-state index contributed by atoms with van der Waals surface area (Å²) < 4.78 is 5.49. The highest BCUT2D eigenvalue weighted by Crippen LogP contribution is 2.22. The Balaban J connectivity index is 1.58. The van der Waals surface area contributed by atoms with Crippen LogP contribution in [0.3, 0.4) is 0 Å². The number of rotatable bonds is 3. The summed E-state index contributed by atoms with van der Waals surface area (Å²) in [6, 6.07) is 18.7. The lowest BCUT2D eigenvalue weighted by molar-refractivity contribution is 0.0475. The van der Waals surface area contributed by atoms with Crippen LogP contribution in [0.1, 0.15) is 15.9 Å². The molecule has 0 aliphatic heterocycles. The van der Waals surface area contributed by atoms with Gasteiger partial charge in [-0.15, -0.1) is 0 Å². The molecule has 1 heterocycles. The van der Waals surface area contributed by atoms with Gasteiger partial charge in [-0.1, -0.05) is 42.5 Å². The molecule has 0 aliphatic carbocycles. The normalized spacial score (nSPS) is 10.9. The molecule has 0 fully saturated rings. The van der Waals surface area contributed by atoms with Crippen LogP contribution in [0.2, 0.25) is 0 Å². The average molecular weight is 344 g/mol. The molecule has 0 saturated heterocycles. The van der Waals surface area contributed by atoms with E-state index in [1.165, 1.54) is 0 Å². The third-order valence-electron chi connectivity index (χ3n) is 4.19. The minimum atomic E-state index is -0.372. The first-order valence-corrected chi connectivity index (χ1v) is 8.08. The summed E-state index contributed by atoms with van der Waals surface area (Å²) >= 11 is 0. The minimum Gasteiger partial charge on any atom is -0.457 e. The lowest BCUT2D eigenvalue weighted by Gasteiger charge is -2.09. The molecule has 26 heavy (non-hydrogen) atoms. The van der Waals surface area contributed by atoms with Crippen LogP contribution in [0.5, 0.6) is 0 Å². The summed E-state index contributed by atoms with van der Waals surface area (Å²) in [5.41, 5.74) is 13.5. The van der Waals surface area contributed by atoms with E-state index >= 15 is 0 Å². The highest BCUT2D eigenvalue weighted by Gasteiger charge is 2.12. The second-order valence-corrected chi connectivity index (χ2v) is 5.92. The Kier molecular flexibility index (Phi) is 3.85. The van der Waals surface area contributed by atoms with Gasteiger partial charge in [0.2, 0.25) is 5.95 Å². The summed E-state index contributed by atoms with van der Waals surface area (Å²) in [6.45, 7) is 0.127. The van der Waals surface area contributed by atoms with Gasteiger partial charge >= 0.3 is 5.97 Å². The molecule has 4 aromatic rings. The summed E-state index contributed by atoms with van der Waals surface area (Å²) in [5, 5.41) is 2.54. The Morgan fingerprint density at radius 3 is 2.62 bits per heavy atom. The van der Waals surface area contributed by atoms with E-state index in [-0.39, 0.29) is 18.5 Å². The zero-order chi connectivity index (χ0) is 18.1. The smallest absolute Gasteiger partial charge is 0.339 e. The van der Waals surface area contributed by atoms with Crippen molar-refractivity contribution < 1.29 is 9.53 Å². The number of hydrogen-bond acceptors (Lipinski definition) is 6. The molecule has 0 aliphatic rings. The number of carbonyl (C=O) groups is 1. The van der Waals surface area contributed by atoms with E-state index < -0.39 is 0 Å². The van der Waals surface area contributed by atoms with Gasteiger partial charge in [-0.05, 0) is 34.5 Å². The van der Waals surface area contributed by atoms with Crippen LogP contribution in [0, 0.1) is 0 Å². The van der Waals surface area contributed by atoms with Crippen molar-refractivity contribution in [1.29, 1.82) is 0 Å². The number of nitrogens with zero attached hydrogens (tertiary/aromatic N) is 2. The number of aromatic nitrogens is 2. The van der Waals surface area contributed by atoms with Crippen LogP contribution in [-0.4, -0.2) is 15.9 Å². The second-order valence-electron chi connectivity index (χ2n) is 5.92. The molecule has 0 amide bonds.